The highest BCUT2D eigenvalue weighted by Gasteiger charge is 2.20. The zero-order chi connectivity index (χ0) is 17.7. The van der Waals surface area contributed by atoms with Gasteiger partial charge < -0.3 is 4.74 Å². The molecular formula is C17H18ClNO4S. The SMILES string of the molecule is CCOC(=O)c1ccc(S(=O)(=O)NC(C)c2ccccc2Cl)cc1. The molecule has 0 heterocycles. The highest BCUT2D eigenvalue weighted by molar-refractivity contribution is 7.89. The van der Waals surface area contributed by atoms with Crippen molar-refractivity contribution in [1.29, 1.82) is 0 Å². The van der Waals surface area contributed by atoms with Gasteiger partial charge in [-0.25, -0.2) is 17.9 Å². The lowest BCUT2D eigenvalue weighted by molar-refractivity contribution is 0.0526. The van der Waals surface area contributed by atoms with Crippen molar-refractivity contribution in [3.63, 3.8) is 0 Å². The largest absolute Gasteiger partial charge is 0.462 e. The van der Waals surface area contributed by atoms with E-state index in [1.807, 2.05) is 0 Å². The zero-order valence-electron chi connectivity index (χ0n) is 13.3. The van der Waals surface area contributed by atoms with Gasteiger partial charge in [0.2, 0.25) is 10.0 Å². The minimum atomic E-state index is -3.74. The summed E-state index contributed by atoms with van der Waals surface area (Å²) in [5, 5.41) is 0.491. The molecule has 24 heavy (non-hydrogen) atoms. The maximum absolute atomic E-state index is 12.5. The Morgan fingerprint density at radius 3 is 2.38 bits per heavy atom. The summed E-state index contributed by atoms with van der Waals surface area (Å²) >= 11 is 6.09. The summed E-state index contributed by atoms with van der Waals surface area (Å²) in [6, 6.07) is 12.1. The first-order chi connectivity index (χ1) is 11.3. The first-order valence-corrected chi connectivity index (χ1v) is 9.25. The minimum Gasteiger partial charge on any atom is -0.462 e. The lowest BCUT2D eigenvalue weighted by Gasteiger charge is -2.16. The zero-order valence-corrected chi connectivity index (χ0v) is 14.9. The smallest absolute Gasteiger partial charge is 0.338 e. The topological polar surface area (TPSA) is 72.5 Å². The van der Waals surface area contributed by atoms with E-state index < -0.39 is 22.0 Å². The van der Waals surface area contributed by atoms with Crippen LogP contribution in [0.3, 0.4) is 0 Å². The summed E-state index contributed by atoms with van der Waals surface area (Å²) in [6.45, 7) is 3.68. The van der Waals surface area contributed by atoms with Gasteiger partial charge in [-0.3, -0.25) is 0 Å². The minimum absolute atomic E-state index is 0.0643. The Labute approximate surface area is 146 Å². The third kappa shape index (κ3) is 4.35. The Morgan fingerprint density at radius 2 is 1.79 bits per heavy atom. The van der Waals surface area contributed by atoms with Crippen molar-refractivity contribution < 1.29 is 17.9 Å². The lowest BCUT2D eigenvalue weighted by atomic mass is 10.1. The van der Waals surface area contributed by atoms with Crippen LogP contribution in [0.2, 0.25) is 5.02 Å². The molecule has 0 aliphatic rings. The normalized spacial score (nSPS) is 12.6. The van der Waals surface area contributed by atoms with Gasteiger partial charge in [0.15, 0.2) is 0 Å². The van der Waals surface area contributed by atoms with Crippen LogP contribution in [0.5, 0.6) is 0 Å². The Bertz CT molecular complexity index is 819. The van der Waals surface area contributed by atoms with Gasteiger partial charge >= 0.3 is 5.97 Å². The predicted octanol–water partition coefficient (Wildman–Crippen LogP) is 3.56. The van der Waals surface area contributed by atoms with Gasteiger partial charge in [-0.05, 0) is 49.7 Å². The van der Waals surface area contributed by atoms with Gasteiger partial charge in [0.1, 0.15) is 0 Å². The van der Waals surface area contributed by atoms with Crippen molar-refractivity contribution in [2.45, 2.75) is 24.8 Å². The maximum Gasteiger partial charge on any atom is 0.338 e. The molecule has 0 saturated heterocycles. The molecule has 1 N–H and O–H groups in total. The molecule has 2 rings (SSSR count). The first kappa shape index (κ1) is 18.4. The van der Waals surface area contributed by atoms with E-state index in [0.717, 1.165) is 0 Å². The molecule has 0 bridgehead atoms. The molecule has 2 aromatic carbocycles. The van der Waals surface area contributed by atoms with Crippen molar-refractivity contribution in [3.05, 3.63) is 64.7 Å². The molecule has 0 amide bonds. The predicted molar refractivity (Wildman–Crippen MR) is 92.6 cm³/mol. The average molecular weight is 368 g/mol. The van der Waals surface area contributed by atoms with Crippen LogP contribution >= 0.6 is 11.6 Å². The van der Waals surface area contributed by atoms with Crippen LogP contribution in [-0.2, 0) is 14.8 Å². The third-order valence-electron chi connectivity index (χ3n) is 3.38. The molecule has 1 atom stereocenters. The monoisotopic (exact) mass is 367 g/mol. The van der Waals surface area contributed by atoms with Crippen molar-refractivity contribution in [2.75, 3.05) is 6.61 Å². The Balaban J connectivity index is 2.18. The molecule has 128 valence electrons. The quantitative estimate of drug-likeness (QED) is 0.792. The highest BCUT2D eigenvalue weighted by Crippen LogP contribution is 2.24. The molecular weight excluding hydrogens is 350 g/mol. The van der Waals surface area contributed by atoms with Gasteiger partial charge in [0.05, 0.1) is 17.1 Å². The number of nitrogens with one attached hydrogen (secondary N) is 1. The van der Waals surface area contributed by atoms with E-state index in [-0.39, 0.29) is 11.5 Å². The van der Waals surface area contributed by atoms with Gasteiger partial charge in [-0.15, -0.1) is 0 Å². The molecule has 0 aliphatic heterocycles. The van der Waals surface area contributed by atoms with E-state index in [0.29, 0.717) is 16.1 Å². The second-order valence-corrected chi connectivity index (χ2v) is 7.23. The molecule has 0 saturated carbocycles. The first-order valence-electron chi connectivity index (χ1n) is 7.39. The van der Waals surface area contributed by atoms with Crippen molar-refractivity contribution >= 4 is 27.6 Å². The van der Waals surface area contributed by atoms with Gasteiger partial charge in [0, 0.05) is 11.1 Å². The fourth-order valence-electron chi connectivity index (χ4n) is 2.18. The van der Waals surface area contributed by atoms with E-state index in [9.17, 15) is 13.2 Å². The standard InChI is InChI=1S/C17H18ClNO4S/c1-3-23-17(20)13-8-10-14(11-9-13)24(21,22)19-12(2)15-6-4-5-7-16(15)18/h4-12,19H,3H2,1-2H3. The second-order valence-electron chi connectivity index (χ2n) is 5.11. The molecule has 1 unspecified atom stereocenters. The van der Waals surface area contributed by atoms with Gasteiger partial charge in [0.25, 0.3) is 0 Å². The van der Waals surface area contributed by atoms with Crippen LogP contribution in [0.15, 0.2) is 53.4 Å². The third-order valence-corrected chi connectivity index (χ3v) is 5.28. The van der Waals surface area contributed by atoms with Crippen LogP contribution in [0.1, 0.15) is 35.8 Å². The summed E-state index contributed by atoms with van der Waals surface area (Å²) in [6.07, 6.45) is 0. The summed E-state index contributed by atoms with van der Waals surface area (Å²) in [5.41, 5.74) is 0.987. The number of carbonyl (C=O) groups is 1. The summed E-state index contributed by atoms with van der Waals surface area (Å²) in [7, 11) is -3.74. The second kappa shape index (κ2) is 7.79. The van der Waals surface area contributed by atoms with Crippen molar-refractivity contribution in [1.82, 2.24) is 4.72 Å². The Morgan fingerprint density at radius 1 is 1.17 bits per heavy atom. The molecule has 0 aromatic heterocycles. The molecule has 0 fully saturated rings. The van der Waals surface area contributed by atoms with Crippen LogP contribution in [0.25, 0.3) is 0 Å². The van der Waals surface area contributed by atoms with Crippen LogP contribution in [0, 0.1) is 0 Å². The number of hydrogen-bond donors (Lipinski definition) is 1. The number of benzene rings is 2. The van der Waals surface area contributed by atoms with Gasteiger partial charge in [-0.2, -0.15) is 0 Å². The molecule has 7 heteroatoms. The highest BCUT2D eigenvalue weighted by atomic mass is 35.5. The number of hydrogen-bond acceptors (Lipinski definition) is 4. The van der Waals surface area contributed by atoms with Crippen LogP contribution in [-0.4, -0.2) is 21.0 Å². The fraction of sp³-hybridized carbons (Fsp3) is 0.235. The molecule has 2 aromatic rings. The van der Waals surface area contributed by atoms with Crippen molar-refractivity contribution in [3.8, 4) is 0 Å². The number of esters is 1. The number of ether oxygens (including phenoxy) is 1. The van der Waals surface area contributed by atoms with E-state index in [1.54, 1.807) is 38.1 Å². The van der Waals surface area contributed by atoms with E-state index >= 15 is 0 Å². The fourth-order valence-corrected chi connectivity index (χ4v) is 3.70. The molecule has 5 nitrogen and oxygen atoms in total. The number of sulfonamides is 1. The Hall–Kier alpha value is -1.89. The van der Waals surface area contributed by atoms with E-state index in [4.69, 9.17) is 16.3 Å². The average Bonchev–Trinajstić information content (AvgIpc) is 2.55. The van der Waals surface area contributed by atoms with Crippen LogP contribution < -0.4 is 4.72 Å². The van der Waals surface area contributed by atoms with E-state index in [1.165, 1.54) is 24.3 Å². The lowest BCUT2D eigenvalue weighted by Crippen LogP contribution is -2.27. The van der Waals surface area contributed by atoms with Gasteiger partial charge in [-0.1, -0.05) is 29.8 Å². The summed E-state index contributed by atoms with van der Waals surface area (Å²) < 4.78 is 32.4. The number of rotatable bonds is 6. The summed E-state index contributed by atoms with van der Waals surface area (Å²) in [5.74, 6) is -0.487. The van der Waals surface area contributed by atoms with Crippen LogP contribution in [0.4, 0.5) is 0 Å². The molecule has 0 aliphatic carbocycles. The number of halogens is 1. The number of carbonyl (C=O) groups excluding carboxylic acids is 1. The molecule has 0 radical (unpaired) electrons. The van der Waals surface area contributed by atoms with E-state index in [2.05, 4.69) is 4.72 Å². The summed E-state index contributed by atoms with van der Waals surface area (Å²) in [4.78, 5) is 11.7. The van der Waals surface area contributed by atoms with Crippen molar-refractivity contribution in [2.24, 2.45) is 0 Å². The maximum atomic E-state index is 12.5. The molecule has 0 spiro atoms. The Kier molecular flexibility index (Phi) is 5.99.